The molecule has 0 radical (unpaired) electrons. The molecule has 72 valence electrons. The van der Waals surface area contributed by atoms with E-state index in [1.54, 1.807) is 0 Å². The van der Waals surface area contributed by atoms with Crippen LogP contribution in [0, 0.1) is 0 Å². The first-order valence-electron chi connectivity index (χ1n) is 3.29. The van der Waals surface area contributed by atoms with E-state index in [0.717, 1.165) is 0 Å². The lowest BCUT2D eigenvalue weighted by Crippen LogP contribution is -2.09. The lowest BCUT2D eigenvalue weighted by molar-refractivity contribution is 0.0770. The van der Waals surface area contributed by atoms with Gasteiger partial charge in [0, 0.05) is 6.07 Å². The maximum atomic E-state index is 11.7. The van der Waals surface area contributed by atoms with Gasteiger partial charge in [0.25, 0.3) is 6.43 Å². The van der Waals surface area contributed by atoms with Crippen molar-refractivity contribution < 1.29 is 13.5 Å². The molecule has 0 saturated heterocycles. The van der Waals surface area contributed by atoms with Gasteiger partial charge in [-0.25, -0.2) is 8.78 Å². The second kappa shape index (κ2) is 4.31. The fraction of sp³-hybridized carbons (Fsp3) is 0.333. The summed E-state index contributed by atoms with van der Waals surface area (Å²) in [5, 5.41) is 0. The zero-order valence-electron chi connectivity index (χ0n) is 6.38. The van der Waals surface area contributed by atoms with E-state index in [0.29, 0.717) is 4.60 Å². The van der Waals surface area contributed by atoms with Crippen LogP contribution in [0.15, 0.2) is 10.7 Å². The molecule has 0 amide bonds. The quantitative estimate of drug-likeness (QED) is 0.829. The van der Waals surface area contributed by atoms with Gasteiger partial charge in [-0.05, 0) is 15.9 Å². The zero-order valence-corrected chi connectivity index (χ0v) is 7.96. The van der Waals surface area contributed by atoms with Gasteiger partial charge in [-0.15, -0.1) is 0 Å². The fourth-order valence-corrected chi connectivity index (χ4v) is 1.00. The van der Waals surface area contributed by atoms with Gasteiger partial charge in [-0.2, -0.15) is 9.97 Å². The lowest BCUT2D eigenvalue weighted by atomic mass is 10.6. The number of alkyl halides is 2. The van der Waals surface area contributed by atoms with Crippen molar-refractivity contribution in [3.8, 4) is 6.01 Å². The van der Waals surface area contributed by atoms with Crippen LogP contribution in [0.4, 0.5) is 14.6 Å². The van der Waals surface area contributed by atoms with Crippen LogP contribution in [0.1, 0.15) is 0 Å². The Morgan fingerprint density at radius 1 is 1.54 bits per heavy atom. The van der Waals surface area contributed by atoms with Crippen molar-refractivity contribution in [1.29, 1.82) is 0 Å². The Labute approximate surface area is 81.3 Å². The number of nitrogen functional groups attached to an aromatic ring is 1. The molecule has 13 heavy (non-hydrogen) atoms. The van der Waals surface area contributed by atoms with Gasteiger partial charge in [0.05, 0.1) is 0 Å². The summed E-state index contributed by atoms with van der Waals surface area (Å²) in [6.45, 7) is -0.740. The Morgan fingerprint density at radius 3 is 2.77 bits per heavy atom. The molecule has 4 nitrogen and oxygen atoms in total. The predicted octanol–water partition coefficient (Wildman–Crippen LogP) is 1.47. The first-order valence-corrected chi connectivity index (χ1v) is 4.08. The van der Waals surface area contributed by atoms with E-state index in [1.807, 2.05) is 0 Å². The molecule has 2 N–H and O–H groups in total. The molecule has 0 fully saturated rings. The molecular formula is C6H6BrF2N3O. The van der Waals surface area contributed by atoms with Crippen LogP contribution in [0.25, 0.3) is 0 Å². The van der Waals surface area contributed by atoms with Crippen molar-refractivity contribution >= 4 is 21.7 Å². The largest absolute Gasteiger partial charge is 0.457 e. The summed E-state index contributed by atoms with van der Waals surface area (Å²) < 4.78 is 28.3. The van der Waals surface area contributed by atoms with Crippen molar-refractivity contribution in [2.45, 2.75) is 6.43 Å². The first kappa shape index (κ1) is 10.1. The number of ether oxygens (including phenoxy) is 1. The van der Waals surface area contributed by atoms with Gasteiger partial charge in [-0.1, -0.05) is 0 Å². The SMILES string of the molecule is Nc1cc(Br)nc(OCC(F)F)n1. The number of nitrogens with zero attached hydrogens (tertiary/aromatic N) is 2. The summed E-state index contributed by atoms with van der Waals surface area (Å²) in [4.78, 5) is 7.26. The van der Waals surface area contributed by atoms with Crippen molar-refractivity contribution in [3.63, 3.8) is 0 Å². The van der Waals surface area contributed by atoms with Gasteiger partial charge in [0.2, 0.25) is 0 Å². The highest BCUT2D eigenvalue weighted by Crippen LogP contribution is 2.14. The molecule has 0 aliphatic rings. The van der Waals surface area contributed by atoms with Crippen molar-refractivity contribution in [3.05, 3.63) is 10.7 Å². The topological polar surface area (TPSA) is 61.0 Å². The lowest BCUT2D eigenvalue weighted by Gasteiger charge is -2.03. The molecule has 0 bridgehead atoms. The number of rotatable bonds is 3. The molecular weight excluding hydrogens is 248 g/mol. The summed E-state index contributed by atoms with van der Waals surface area (Å²) in [7, 11) is 0. The molecule has 0 saturated carbocycles. The highest BCUT2D eigenvalue weighted by atomic mass is 79.9. The van der Waals surface area contributed by atoms with E-state index in [1.165, 1.54) is 6.07 Å². The normalized spacial score (nSPS) is 10.5. The van der Waals surface area contributed by atoms with Crippen LogP contribution < -0.4 is 10.5 Å². The number of hydrogen-bond acceptors (Lipinski definition) is 4. The van der Waals surface area contributed by atoms with Crippen LogP contribution in [0.2, 0.25) is 0 Å². The van der Waals surface area contributed by atoms with Crippen LogP contribution in [0.5, 0.6) is 6.01 Å². The molecule has 0 spiro atoms. The third-order valence-corrected chi connectivity index (χ3v) is 1.44. The van der Waals surface area contributed by atoms with Crippen molar-refractivity contribution in [2.75, 3.05) is 12.3 Å². The molecule has 7 heteroatoms. The Hall–Kier alpha value is -0.980. The highest BCUT2D eigenvalue weighted by molar-refractivity contribution is 9.10. The average Bonchev–Trinajstić information content (AvgIpc) is 1.99. The van der Waals surface area contributed by atoms with Gasteiger partial charge in [0.15, 0.2) is 6.61 Å². The zero-order chi connectivity index (χ0) is 9.84. The molecule has 0 aromatic carbocycles. The monoisotopic (exact) mass is 253 g/mol. The second-order valence-electron chi connectivity index (χ2n) is 2.10. The molecule has 1 rings (SSSR count). The van der Waals surface area contributed by atoms with Crippen molar-refractivity contribution in [2.24, 2.45) is 0 Å². The molecule has 0 atom stereocenters. The maximum Gasteiger partial charge on any atom is 0.319 e. The van der Waals surface area contributed by atoms with Gasteiger partial charge >= 0.3 is 6.01 Å². The smallest absolute Gasteiger partial charge is 0.319 e. The Kier molecular flexibility index (Phi) is 3.35. The first-order chi connectivity index (χ1) is 6.08. The van der Waals surface area contributed by atoms with E-state index < -0.39 is 13.0 Å². The van der Waals surface area contributed by atoms with Gasteiger partial charge < -0.3 is 10.5 Å². The molecule has 0 aliphatic carbocycles. The van der Waals surface area contributed by atoms with Gasteiger partial charge in [0.1, 0.15) is 10.4 Å². The summed E-state index contributed by atoms with van der Waals surface area (Å²) in [6, 6.07) is 1.28. The van der Waals surface area contributed by atoms with Crippen LogP contribution in [-0.4, -0.2) is 23.0 Å². The fourth-order valence-electron chi connectivity index (χ4n) is 0.615. The summed E-state index contributed by atoms with van der Waals surface area (Å²) in [5.41, 5.74) is 5.32. The summed E-state index contributed by atoms with van der Waals surface area (Å²) in [6.07, 6.45) is -2.55. The highest BCUT2D eigenvalue weighted by Gasteiger charge is 2.06. The molecule has 0 unspecified atom stereocenters. The predicted molar refractivity (Wildman–Crippen MR) is 45.6 cm³/mol. The Balaban J connectivity index is 2.66. The van der Waals surface area contributed by atoms with E-state index in [9.17, 15) is 8.78 Å². The van der Waals surface area contributed by atoms with E-state index in [4.69, 9.17) is 5.73 Å². The molecule has 1 aromatic heterocycles. The average molecular weight is 254 g/mol. The summed E-state index contributed by atoms with van der Waals surface area (Å²) >= 11 is 3.02. The second-order valence-corrected chi connectivity index (χ2v) is 2.91. The number of halogens is 3. The maximum absolute atomic E-state index is 11.7. The van der Waals surface area contributed by atoms with E-state index >= 15 is 0 Å². The summed E-state index contributed by atoms with van der Waals surface area (Å²) in [5.74, 6) is 0.158. The third kappa shape index (κ3) is 3.49. The van der Waals surface area contributed by atoms with Crippen LogP contribution in [-0.2, 0) is 0 Å². The minimum absolute atomic E-state index is 0.158. The van der Waals surface area contributed by atoms with E-state index in [2.05, 4.69) is 30.6 Å². The molecule has 1 aromatic rings. The minimum atomic E-state index is -2.55. The number of anilines is 1. The minimum Gasteiger partial charge on any atom is -0.457 e. The Morgan fingerprint density at radius 2 is 2.23 bits per heavy atom. The van der Waals surface area contributed by atoms with Crippen LogP contribution >= 0.6 is 15.9 Å². The number of nitrogens with two attached hydrogens (primary N) is 1. The number of aromatic nitrogens is 2. The molecule has 0 aliphatic heterocycles. The third-order valence-electron chi connectivity index (χ3n) is 1.03. The van der Waals surface area contributed by atoms with Crippen molar-refractivity contribution in [1.82, 2.24) is 9.97 Å². The Bertz CT molecular complexity index is 277. The number of hydrogen-bond donors (Lipinski definition) is 1. The standard InChI is InChI=1S/C6H6BrF2N3O/c7-3-1-5(10)12-6(11-3)13-2-4(8)9/h1,4H,2H2,(H2,10,11,12). The van der Waals surface area contributed by atoms with Gasteiger partial charge in [-0.3, -0.25) is 0 Å². The van der Waals surface area contributed by atoms with Crippen LogP contribution in [0.3, 0.4) is 0 Å². The van der Waals surface area contributed by atoms with E-state index in [-0.39, 0.29) is 11.8 Å². The molecule has 1 heterocycles.